The van der Waals surface area contributed by atoms with Gasteiger partial charge in [0.1, 0.15) is 23.0 Å². The van der Waals surface area contributed by atoms with Crippen LogP contribution in [0.4, 0.5) is 0 Å². The summed E-state index contributed by atoms with van der Waals surface area (Å²) in [5.74, 6) is 2.67. The maximum atomic E-state index is 5.86. The van der Waals surface area contributed by atoms with Crippen molar-refractivity contribution in [1.29, 1.82) is 0 Å². The molecule has 44 heavy (non-hydrogen) atoms. The smallest absolute Gasteiger partial charge is 0.130 e. The van der Waals surface area contributed by atoms with Crippen molar-refractivity contribution in [1.82, 2.24) is 19.9 Å². The van der Waals surface area contributed by atoms with Crippen LogP contribution in [0.2, 0.25) is 0 Å². The van der Waals surface area contributed by atoms with Gasteiger partial charge in [-0.1, -0.05) is 12.1 Å². The normalized spacial score (nSPS) is 11.9. The first-order valence-electron chi connectivity index (χ1n) is 14.1. The van der Waals surface area contributed by atoms with E-state index in [0.717, 1.165) is 67.1 Å². The number of hydrogen-bond acceptors (Lipinski definition) is 6. The van der Waals surface area contributed by atoms with E-state index in [0.29, 0.717) is 23.0 Å². The minimum absolute atomic E-state index is 0.668. The Morgan fingerprint density at radius 3 is 1.25 bits per heavy atom. The fraction of sp³-hybridized carbons (Fsp3) is 0.111. The Bertz CT molecular complexity index is 1950. The molecule has 2 aliphatic heterocycles. The Labute approximate surface area is 254 Å². The molecule has 2 aromatic carbocycles. The van der Waals surface area contributed by atoms with Crippen molar-refractivity contribution in [2.45, 2.75) is 0 Å². The first-order chi connectivity index (χ1) is 21.6. The van der Waals surface area contributed by atoms with E-state index >= 15 is 0 Å². The minimum Gasteiger partial charge on any atom is -0.496 e. The number of fused-ring (bicyclic) bond motifs is 8. The molecule has 2 N–H and O–H groups in total. The van der Waals surface area contributed by atoms with Crippen molar-refractivity contribution in [2.24, 2.45) is 0 Å². The van der Waals surface area contributed by atoms with Crippen molar-refractivity contribution in [3.63, 3.8) is 0 Å². The third-order valence-corrected chi connectivity index (χ3v) is 7.75. The number of rotatable bonds is 6. The van der Waals surface area contributed by atoms with Crippen LogP contribution in [-0.4, -0.2) is 48.4 Å². The number of hydrogen-bond donors (Lipinski definition) is 2. The van der Waals surface area contributed by atoms with E-state index in [1.807, 2.05) is 97.1 Å². The molecule has 3 aromatic heterocycles. The van der Waals surface area contributed by atoms with Gasteiger partial charge in [0.2, 0.25) is 0 Å². The van der Waals surface area contributed by atoms with Crippen molar-refractivity contribution in [2.75, 3.05) is 28.4 Å². The summed E-state index contributed by atoms with van der Waals surface area (Å²) in [7, 11) is 6.63. The highest BCUT2D eigenvalue weighted by Gasteiger charge is 2.22. The largest absolute Gasteiger partial charge is 0.496 e. The number of methoxy groups -OCH3 is 4. The fourth-order valence-corrected chi connectivity index (χ4v) is 5.80. The lowest BCUT2D eigenvalue weighted by Gasteiger charge is -2.15. The van der Waals surface area contributed by atoms with Crippen LogP contribution in [0, 0.1) is 0 Å². The van der Waals surface area contributed by atoms with E-state index in [1.165, 1.54) is 0 Å². The predicted molar refractivity (Wildman–Crippen MR) is 176 cm³/mol. The average Bonchev–Trinajstić information content (AvgIpc) is 3.88. The van der Waals surface area contributed by atoms with Crippen LogP contribution in [0.1, 0.15) is 22.8 Å². The highest BCUT2D eigenvalue weighted by atomic mass is 16.5. The average molecular weight is 583 g/mol. The van der Waals surface area contributed by atoms with Crippen LogP contribution in [0.25, 0.3) is 68.6 Å². The van der Waals surface area contributed by atoms with Crippen LogP contribution < -0.4 is 18.9 Å². The lowest BCUT2D eigenvalue weighted by molar-refractivity contribution is 0.397. The van der Waals surface area contributed by atoms with Crippen molar-refractivity contribution < 1.29 is 18.9 Å². The second-order valence-corrected chi connectivity index (χ2v) is 10.3. The summed E-state index contributed by atoms with van der Waals surface area (Å²) in [6, 6.07) is 23.7. The first-order valence-corrected chi connectivity index (χ1v) is 14.1. The van der Waals surface area contributed by atoms with Gasteiger partial charge in [0.05, 0.1) is 62.3 Å². The second kappa shape index (κ2) is 11.1. The highest BCUT2D eigenvalue weighted by Crippen LogP contribution is 2.45. The van der Waals surface area contributed by atoms with Crippen molar-refractivity contribution >= 4 is 46.4 Å². The number of aromatic amines is 2. The Morgan fingerprint density at radius 1 is 0.455 bits per heavy atom. The minimum atomic E-state index is 0.668. The Morgan fingerprint density at radius 2 is 0.864 bits per heavy atom. The van der Waals surface area contributed by atoms with Gasteiger partial charge in [0.25, 0.3) is 0 Å². The van der Waals surface area contributed by atoms with Crippen LogP contribution in [0.15, 0.2) is 72.8 Å². The van der Waals surface area contributed by atoms with Crippen LogP contribution in [0.3, 0.4) is 0 Å². The van der Waals surface area contributed by atoms with Crippen molar-refractivity contribution in [3.8, 4) is 45.3 Å². The molecular formula is C36H30N4O4. The van der Waals surface area contributed by atoms with Gasteiger partial charge in [-0.05, 0) is 85.0 Å². The van der Waals surface area contributed by atoms with Gasteiger partial charge in [0.15, 0.2) is 0 Å². The summed E-state index contributed by atoms with van der Waals surface area (Å²) in [5.41, 5.74) is 9.94. The van der Waals surface area contributed by atoms with Crippen molar-refractivity contribution in [3.05, 3.63) is 95.6 Å². The zero-order valence-corrected chi connectivity index (χ0v) is 24.8. The molecule has 5 heterocycles. The van der Waals surface area contributed by atoms with Gasteiger partial charge in [-0.15, -0.1) is 0 Å². The van der Waals surface area contributed by atoms with Gasteiger partial charge in [0, 0.05) is 33.2 Å². The van der Waals surface area contributed by atoms with Crippen LogP contribution in [-0.2, 0) is 0 Å². The van der Waals surface area contributed by atoms with E-state index < -0.39 is 0 Å². The molecule has 0 fully saturated rings. The van der Waals surface area contributed by atoms with E-state index in [-0.39, 0.29) is 0 Å². The highest BCUT2D eigenvalue weighted by molar-refractivity contribution is 5.99. The second-order valence-electron chi connectivity index (χ2n) is 10.3. The molecule has 0 saturated heterocycles. The van der Waals surface area contributed by atoms with E-state index in [9.17, 15) is 0 Å². The molecule has 5 aromatic rings. The lowest BCUT2D eigenvalue weighted by atomic mass is 10.0. The molecule has 0 amide bonds. The molecule has 8 heteroatoms. The summed E-state index contributed by atoms with van der Waals surface area (Å²) in [6.45, 7) is 0. The van der Waals surface area contributed by atoms with Crippen LogP contribution >= 0.6 is 0 Å². The van der Waals surface area contributed by atoms with Crippen LogP contribution in [0.5, 0.6) is 23.0 Å². The van der Waals surface area contributed by atoms with Gasteiger partial charge in [-0.2, -0.15) is 0 Å². The summed E-state index contributed by atoms with van der Waals surface area (Å²) < 4.78 is 23.4. The third-order valence-electron chi connectivity index (χ3n) is 7.75. The lowest BCUT2D eigenvalue weighted by Crippen LogP contribution is -1.96. The summed E-state index contributed by atoms with van der Waals surface area (Å²) in [6.07, 6.45) is 8.04. The molecular weight excluding hydrogens is 552 g/mol. The number of nitrogens with zero attached hydrogens (tertiary/aromatic N) is 2. The summed E-state index contributed by atoms with van der Waals surface area (Å²) >= 11 is 0. The zero-order valence-electron chi connectivity index (χ0n) is 24.8. The van der Waals surface area contributed by atoms with Gasteiger partial charge < -0.3 is 28.9 Å². The van der Waals surface area contributed by atoms with E-state index in [1.54, 1.807) is 28.4 Å². The molecule has 8 nitrogen and oxygen atoms in total. The van der Waals surface area contributed by atoms with E-state index in [2.05, 4.69) is 9.97 Å². The molecule has 2 aliphatic rings. The van der Waals surface area contributed by atoms with E-state index in [4.69, 9.17) is 28.9 Å². The predicted octanol–water partition coefficient (Wildman–Crippen LogP) is 8.02. The standard InChI is InChI=1S/C36H30N4O4/c1-41-29-7-5-8-30(42-2)35(29)33-25-15-13-23(38-25)19-21-11-12-22(37-21)20-24-14-16-26(39-24)34(28-18-17-27(33)40-28)36-31(43-3)9-6-10-32(36)44-4/h5-20,37,40H,1-4H3. The molecule has 0 unspecified atom stereocenters. The maximum Gasteiger partial charge on any atom is 0.130 e. The molecule has 7 rings (SSSR count). The Balaban J connectivity index is 1.68. The molecule has 0 aliphatic carbocycles. The maximum absolute atomic E-state index is 5.86. The first kappa shape index (κ1) is 27.1. The molecule has 0 saturated carbocycles. The molecule has 0 atom stereocenters. The van der Waals surface area contributed by atoms with Gasteiger partial charge in [-0.25, -0.2) is 9.97 Å². The molecule has 8 bridgehead atoms. The zero-order chi connectivity index (χ0) is 30.2. The number of ether oxygens (including phenoxy) is 4. The number of H-pyrrole nitrogens is 2. The monoisotopic (exact) mass is 582 g/mol. The molecule has 0 radical (unpaired) electrons. The summed E-state index contributed by atoms with van der Waals surface area (Å²) in [4.78, 5) is 17.2. The number of nitrogens with one attached hydrogen (secondary N) is 2. The van der Waals surface area contributed by atoms with Gasteiger partial charge in [-0.3, -0.25) is 0 Å². The number of benzene rings is 2. The Hall–Kier alpha value is -5.76. The summed E-state index contributed by atoms with van der Waals surface area (Å²) in [5, 5.41) is 0. The molecule has 218 valence electrons. The SMILES string of the molecule is COc1cccc(OC)c1-c1c2nc(cc3ccc(cc4nc(c(-c5c(OC)cccc5OC)c5ccc1[nH]5)C=C4)[nH]3)C=C2. The topological polar surface area (TPSA) is 94.3 Å². The fourth-order valence-electron chi connectivity index (χ4n) is 5.80. The number of aromatic nitrogens is 4. The van der Waals surface area contributed by atoms with Gasteiger partial charge >= 0.3 is 0 Å². The Kier molecular flexibility index (Phi) is 6.86. The quantitative estimate of drug-likeness (QED) is 0.206. The third kappa shape index (κ3) is 4.66. The molecule has 0 spiro atoms.